The van der Waals surface area contributed by atoms with Gasteiger partial charge in [0.1, 0.15) is 0 Å². The van der Waals surface area contributed by atoms with Gasteiger partial charge >= 0.3 is 0 Å². The van der Waals surface area contributed by atoms with Crippen LogP contribution in [0.3, 0.4) is 0 Å². The van der Waals surface area contributed by atoms with Crippen molar-refractivity contribution in [1.82, 2.24) is 15.0 Å². The second kappa shape index (κ2) is 10.2. The van der Waals surface area contributed by atoms with Crippen LogP contribution in [0.15, 0.2) is 133 Å². The van der Waals surface area contributed by atoms with E-state index in [-0.39, 0.29) is 0 Å². The Kier molecular flexibility index (Phi) is 6.28. The zero-order valence-corrected chi connectivity index (χ0v) is 20.7. The Morgan fingerprint density at radius 1 is 0.324 bits per heavy atom. The predicted octanol–water partition coefficient (Wildman–Crippen LogP) is 8.86. The molecule has 0 N–H and O–H groups in total. The smallest absolute Gasteiger partial charge is 0.164 e. The topological polar surface area (TPSA) is 38.7 Å². The third-order valence-electron chi connectivity index (χ3n) is 6.25. The first-order valence-corrected chi connectivity index (χ1v) is 12.5. The van der Waals surface area contributed by atoms with Crippen LogP contribution >= 0.6 is 11.6 Å². The fourth-order valence-electron chi connectivity index (χ4n) is 4.29. The molecule has 1 heterocycles. The van der Waals surface area contributed by atoms with Crippen molar-refractivity contribution in [2.45, 2.75) is 0 Å². The van der Waals surface area contributed by atoms with Crippen molar-refractivity contribution < 1.29 is 0 Å². The summed E-state index contributed by atoms with van der Waals surface area (Å²) in [5.74, 6) is 1.91. The molecule has 0 aliphatic carbocycles. The highest BCUT2D eigenvalue weighted by atomic mass is 35.5. The fourth-order valence-corrected chi connectivity index (χ4v) is 4.53. The van der Waals surface area contributed by atoms with Gasteiger partial charge in [-0.15, -0.1) is 0 Å². The first-order valence-electron chi connectivity index (χ1n) is 12.1. The lowest BCUT2D eigenvalue weighted by Gasteiger charge is -2.10. The standard InChI is InChI=1S/C33H22ClN3/c34-30-14-8-7-13-29(30)25-17-21-28(22-18-25)33-36-31(26-11-5-2-6-12-26)35-32(37-33)27-19-15-24(16-20-27)23-9-3-1-4-10-23/h1-22H. The van der Waals surface area contributed by atoms with Crippen molar-refractivity contribution >= 4 is 11.6 Å². The van der Waals surface area contributed by atoms with E-state index in [2.05, 4.69) is 48.5 Å². The van der Waals surface area contributed by atoms with Gasteiger partial charge in [-0.2, -0.15) is 0 Å². The van der Waals surface area contributed by atoms with Gasteiger partial charge in [0.2, 0.25) is 0 Å². The van der Waals surface area contributed by atoms with Gasteiger partial charge in [-0.1, -0.05) is 139 Å². The highest BCUT2D eigenvalue weighted by Gasteiger charge is 2.13. The Morgan fingerprint density at radius 3 is 1.19 bits per heavy atom. The van der Waals surface area contributed by atoms with Crippen molar-refractivity contribution in [3.8, 4) is 56.4 Å². The maximum Gasteiger partial charge on any atom is 0.164 e. The van der Waals surface area contributed by atoms with Crippen molar-refractivity contribution in [3.05, 3.63) is 138 Å². The maximum atomic E-state index is 6.41. The van der Waals surface area contributed by atoms with Gasteiger partial charge in [-0.25, -0.2) is 15.0 Å². The Hall–Kier alpha value is -4.60. The number of halogens is 1. The van der Waals surface area contributed by atoms with Crippen LogP contribution < -0.4 is 0 Å². The van der Waals surface area contributed by atoms with E-state index in [9.17, 15) is 0 Å². The zero-order chi connectivity index (χ0) is 25.0. The Bertz CT molecular complexity index is 1650. The molecule has 0 radical (unpaired) electrons. The van der Waals surface area contributed by atoms with E-state index in [1.54, 1.807) is 0 Å². The SMILES string of the molecule is Clc1ccccc1-c1ccc(-c2nc(-c3ccccc3)nc(-c3ccc(-c4ccccc4)cc3)n2)cc1. The molecule has 5 aromatic carbocycles. The van der Waals surface area contributed by atoms with Crippen molar-refractivity contribution in [1.29, 1.82) is 0 Å². The Labute approximate surface area is 221 Å². The normalized spacial score (nSPS) is 10.8. The predicted molar refractivity (Wildman–Crippen MR) is 152 cm³/mol. The summed E-state index contributed by atoms with van der Waals surface area (Å²) < 4.78 is 0. The van der Waals surface area contributed by atoms with E-state index in [1.165, 1.54) is 5.56 Å². The molecule has 0 bridgehead atoms. The average molecular weight is 496 g/mol. The summed E-state index contributed by atoms with van der Waals surface area (Å²) >= 11 is 6.41. The van der Waals surface area contributed by atoms with E-state index >= 15 is 0 Å². The van der Waals surface area contributed by atoms with E-state index in [4.69, 9.17) is 26.6 Å². The Morgan fingerprint density at radius 2 is 0.676 bits per heavy atom. The van der Waals surface area contributed by atoms with E-state index in [0.29, 0.717) is 17.5 Å². The number of benzene rings is 5. The first-order chi connectivity index (χ1) is 18.2. The minimum Gasteiger partial charge on any atom is -0.208 e. The maximum absolute atomic E-state index is 6.41. The summed E-state index contributed by atoms with van der Waals surface area (Å²) in [6, 6.07) is 44.7. The Balaban J connectivity index is 1.41. The molecule has 6 aromatic rings. The first kappa shape index (κ1) is 22.8. The van der Waals surface area contributed by atoms with Gasteiger partial charge < -0.3 is 0 Å². The highest BCUT2D eigenvalue weighted by Crippen LogP contribution is 2.31. The van der Waals surface area contributed by atoms with Gasteiger partial charge in [0.15, 0.2) is 17.5 Å². The molecule has 4 heteroatoms. The molecular weight excluding hydrogens is 474 g/mol. The molecule has 0 amide bonds. The molecule has 0 saturated carbocycles. The second-order valence-corrected chi connectivity index (χ2v) is 9.08. The van der Waals surface area contributed by atoms with Crippen LogP contribution in [0.2, 0.25) is 5.02 Å². The quantitative estimate of drug-likeness (QED) is 0.240. The van der Waals surface area contributed by atoms with Crippen molar-refractivity contribution in [2.24, 2.45) is 0 Å². The molecule has 0 unspecified atom stereocenters. The minimum atomic E-state index is 0.627. The van der Waals surface area contributed by atoms with Crippen LogP contribution in [0.5, 0.6) is 0 Å². The molecule has 0 atom stereocenters. The molecule has 1 aromatic heterocycles. The number of hydrogen-bond acceptors (Lipinski definition) is 3. The van der Waals surface area contributed by atoms with Gasteiger partial charge in [-0.05, 0) is 22.8 Å². The molecule has 0 aliphatic heterocycles. The summed E-state index contributed by atoms with van der Waals surface area (Å²) in [7, 11) is 0. The third-order valence-corrected chi connectivity index (χ3v) is 6.58. The average Bonchev–Trinajstić information content (AvgIpc) is 2.98. The third kappa shape index (κ3) is 4.90. The van der Waals surface area contributed by atoms with E-state index in [1.807, 2.05) is 84.9 Å². The van der Waals surface area contributed by atoms with Crippen LogP contribution in [0.1, 0.15) is 0 Å². The van der Waals surface area contributed by atoms with E-state index in [0.717, 1.165) is 38.4 Å². The van der Waals surface area contributed by atoms with E-state index < -0.39 is 0 Å². The summed E-state index contributed by atoms with van der Waals surface area (Å²) in [6.45, 7) is 0. The number of hydrogen-bond donors (Lipinski definition) is 0. The van der Waals surface area contributed by atoms with Crippen LogP contribution in [0.25, 0.3) is 56.4 Å². The zero-order valence-electron chi connectivity index (χ0n) is 19.9. The molecule has 37 heavy (non-hydrogen) atoms. The lowest BCUT2D eigenvalue weighted by atomic mass is 10.0. The van der Waals surface area contributed by atoms with Gasteiger partial charge in [0.05, 0.1) is 0 Å². The van der Waals surface area contributed by atoms with Crippen LogP contribution in [0, 0.1) is 0 Å². The fraction of sp³-hybridized carbons (Fsp3) is 0. The van der Waals surface area contributed by atoms with Crippen LogP contribution in [0.4, 0.5) is 0 Å². The summed E-state index contributed by atoms with van der Waals surface area (Å²) in [5.41, 5.74) is 7.16. The van der Waals surface area contributed by atoms with Crippen LogP contribution in [-0.2, 0) is 0 Å². The van der Waals surface area contributed by atoms with Gasteiger partial charge in [-0.3, -0.25) is 0 Å². The van der Waals surface area contributed by atoms with Gasteiger partial charge in [0, 0.05) is 27.3 Å². The summed E-state index contributed by atoms with van der Waals surface area (Å²) in [5, 5.41) is 0.725. The van der Waals surface area contributed by atoms with Gasteiger partial charge in [0.25, 0.3) is 0 Å². The minimum absolute atomic E-state index is 0.627. The summed E-state index contributed by atoms with van der Waals surface area (Å²) in [4.78, 5) is 14.5. The largest absolute Gasteiger partial charge is 0.208 e. The molecular formula is C33H22ClN3. The molecule has 0 saturated heterocycles. The van der Waals surface area contributed by atoms with Crippen LogP contribution in [-0.4, -0.2) is 15.0 Å². The molecule has 0 spiro atoms. The molecule has 0 aliphatic rings. The van der Waals surface area contributed by atoms with Crippen molar-refractivity contribution in [2.75, 3.05) is 0 Å². The summed E-state index contributed by atoms with van der Waals surface area (Å²) in [6.07, 6.45) is 0. The molecule has 176 valence electrons. The van der Waals surface area contributed by atoms with Crippen molar-refractivity contribution in [3.63, 3.8) is 0 Å². The lowest BCUT2D eigenvalue weighted by molar-refractivity contribution is 1.07. The highest BCUT2D eigenvalue weighted by molar-refractivity contribution is 6.33. The number of nitrogens with zero attached hydrogens (tertiary/aromatic N) is 3. The molecule has 6 rings (SSSR count). The number of rotatable bonds is 5. The lowest BCUT2D eigenvalue weighted by Crippen LogP contribution is -2.00. The number of aromatic nitrogens is 3. The molecule has 0 fully saturated rings. The second-order valence-electron chi connectivity index (χ2n) is 8.67. The monoisotopic (exact) mass is 495 g/mol. The molecule has 3 nitrogen and oxygen atoms in total.